The molecule has 5 radical (unpaired) electrons. The van der Waals surface area contributed by atoms with Gasteiger partial charge in [-0.3, -0.25) is 4.98 Å². The molecule has 3 heterocycles. The van der Waals surface area contributed by atoms with Gasteiger partial charge in [-0.25, -0.2) is 0 Å². The summed E-state index contributed by atoms with van der Waals surface area (Å²) in [5.74, 6) is 0. The second-order valence-electron chi connectivity index (χ2n) is 6.61. The molecule has 0 aliphatic rings. The number of rotatable bonds is 0. The first-order chi connectivity index (χ1) is 26.4. The number of nitrogens with zero attached hydrogens (tertiary/aromatic N) is 1. The number of hydrogen-bond donors (Lipinski definition) is 0. The molecular formula is C59H118NORe4Rf2RhS-7. The summed E-state index contributed by atoms with van der Waals surface area (Å²) >= 11 is 1.71. The van der Waals surface area contributed by atoms with Gasteiger partial charge in [0, 0.05) is 114 Å². The maximum Gasteiger partial charge on any atom is 0.0902 e. The summed E-state index contributed by atoms with van der Waals surface area (Å²) in [6, 6.07) is 40.4. The minimum absolute atomic E-state index is 0. The third-order valence-electron chi connectivity index (χ3n) is 4.02. The zero-order valence-electron chi connectivity index (χ0n) is 49.0. The molecule has 0 bridgehead atoms. The summed E-state index contributed by atoms with van der Waals surface area (Å²) in [5, 5.41) is 6.70. The summed E-state index contributed by atoms with van der Waals surface area (Å²) in [7, 11) is 0. The van der Waals surface area contributed by atoms with Crippen molar-refractivity contribution < 1.29 is 106 Å². The summed E-state index contributed by atoms with van der Waals surface area (Å²) < 4.78 is 4.58. The molecule has 0 spiro atoms. The van der Waals surface area contributed by atoms with Crippen molar-refractivity contribution in [3.05, 3.63) is 215 Å². The Morgan fingerprint density at radius 3 is 0.667 bits per heavy atom. The van der Waals surface area contributed by atoms with E-state index in [0.29, 0.717) is 0 Å². The van der Waals surface area contributed by atoms with Crippen molar-refractivity contribution in [3.63, 3.8) is 0 Å². The van der Waals surface area contributed by atoms with E-state index < -0.39 is 0 Å². The molecule has 3 aromatic heterocycles. The molecule has 6 aromatic rings. The zero-order valence-corrected chi connectivity index (χ0v) is 75.2. The summed E-state index contributed by atoms with van der Waals surface area (Å²) in [6.45, 7) is 42.1. The second kappa shape index (κ2) is 217. The molecule has 0 aliphatic carbocycles. The van der Waals surface area contributed by atoms with Crippen LogP contribution in [0.15, 0.2) is 161 Å². The van der Waals surface area contributed by atoms with Crippen LogP contribution in [0.5, 0.6) is 0 Å². The number of benzene rings is 3. The van der Waals surface area contributed by atoms with Gasteiger partial charge in [0.05, 0.1) is 12.5 Å². The zero-order chi connectivity index (χ0) is 43.2. The van der Waals surface area contributed by atoms with E-state index in [4.69, 9.17) is 0 Å². The Morgan fingerprint density at radius 1 is 0.333 bits per heavy atom. The number of fused-ring (bicyclic) bond motifs is 1. The molecule has 0 saturated carbocycles. The van der Waals surface area contributed by atoms with Gasteiger partial charge in [-0.1, -0.05) is 256 Å². The number of furan rings is 1. The monoisotopic (exact) mass is 2270 g/mol. The third-order valence-corrected chi connectivity index (χ3v) is 4.64. The predicted molar refractivity (Wildman–Crippen MR) is 314 cm³/mol. The van der Waals surface area contributed by atoms with Crippen LogP contribution in [-0.4, -0.2) is 4.98 Å². The van der Waals surface area contributed by atoms with Crippen LogP contribution >= 0.6 is 11.3 Å². The Bertz CT molecular complexity index is 1050. The first kappa shape index (κ1) is 166. The van der Waals surface area contributed by atoms with Crippen molar-refractivity contribution in [1.82, 2.24) is 4.98 Å². The number of pyridine rings is 1. The van der Waals surface area contributed by atoms with Gasteiger partial charge in [-0.05, 0) is 52.7 Å². The Hall–Kier alpha value is -2.68. The SMILES string of the molecule is C.C.CC.CC.CC.CC.CC.CC.CC.CC.CC.CC.Cc1ccccc1.[CH3-].[CH3-].[CH3-].[CH3-].[CH3-].[CH3-].[CH3-].[Re].[Re].[Re].[Re].[Rf].[Rf].[Rh].c1ccc2ccccc2c1.c1ccncc1.c1ccoc1.c1ccsc1. The van der Waals surface area contributed by atoms with Gasteiger partial charge >= 0.3 is 0 Å². The minimum Gasteiger partial charge on any atom is -0.473 e. The van der Waals surface area contributed by atoms with Gasteiger partial charge in [-0.2, -0.15) is 11.3 Å². The molecule has 0 fully saturated rings. The Morgan fingerprint density at radius 2 is 0.551 bits per heavy atom. The van der Waals surface area contributed by atoms with E-state index in [0.717, 1.165) is 0 Å². The van der Waals surface area contributed by atoms with E-state index in [2.05, 4.69) is 77.0 Å². The average Bonchev–Trinajstić information content (AvgIpc) is 4.11. The van der Waals surface area contributed by atoms with E-state index in [9.17, 15) is 0 Å². The van der Waals surface area contributed by atoms with Crippen LogP contribution in [0.1, 0.15) is 159 Å². The number of hydrogen-bond acceptors (Lipinski definition) is 3. The maximum absolute atomic E-state index is 4.58. The normalized spacial score (nSPS) is 5.06. The van der Waals surface area contributed by atoms with Gasteiger partial charge in [0.2, 0.25) is 0 Å². The molecule has 2 nitrogen and oxygen atoms in total. The van der Waals surface area contributed by atoms with Crippen molar-refractivity contribution in [3.8, 4) is 0 Å². The number of aromatic nitrogens is 1. The van der Waals surface area contributed by atoms with Crippen molar-refractivity contribution in [2.24, 2.45) is 0 Å². The molecule has 0 unspecified atom stereocenters. The Balaban J connectivity index is -0.0000000134. The largest absolute Gasteiger partial charge is 0.473 e. The van der Waals surface area contributed by atoms with Crippen molar-refractivity contribution >= 4 is 22.1 Å². The maximum atomic E-state index is 4.58. The number of aryl methyl sites for hydroxylation is 1. The molecule has 0 amide bonds. The van der Waals surface area contributed by atoms with Crippen molar-refractivity contribution in [1.29, 1.82) is 0 Å². The summed E-state index contributed by atoms with van der Waals surface area (Å²) in [5.41, 5.74) is 1.32. The van der Waals surface area contributed by atoms with Crippen LogP contribution in [-0.2, 0) is 101 Å². The van der Waals surface area contributed by atoms with E-state index >= 15 is 0 Å². The Labute approximate surface area is 502 Å². The van der Waals surface area contributed by atoms with E-state index in [1.165, 1.54) is 16.3 Å². The molecule has 6 rings (SSSR count). The van der Waals surface area contributed by atoms with Crippen LogP contribution in [0.4, 0.5) is 0 Å². The van der Waals surface area contributed by atoms with Crippen molar-refractivity contribution in [2.45, 2.75) is 160 Å². The van der Waals surface area contributed by atoms with E-state index in [1.807, 2.05) is 210 Å². The fourth-order valence-electron chi connectivity index (χ4n) is 2.43. The standard InChI is InChI=1S/C10H8.C7H8.C5H5N.C4H4O.C4H4S.10C2H6.2CH4.7CH3.4Re.2Rf.Rh/c1-2-6-10-8-4-3-7-9(10)5-1;1-7-5-3-2-4-6-7;1-2-4-6-5-3-1;2*1-2-4-5-3-1;10*1-2;;;;;;;;;;;;;;;;/h1-8H;2-6H,1H3;1-5H;2*1-4H;10*1-2H3;2*1H4;7*1H3;;;;;;;/q;;;;;;;;;;;;;;;;;7*-1;;;;;;;. The average molecular weight is 2270 g/mol. The molecule has 0 N–H and O–H groups in total. The first-order valence-electron chi connectivity index (χ1n) is 20.6. The quantitative estimate of drug-likeness (QED) is 0.112. The van der Waals surface area contributed by atoms with Gasteiger partial charge in [0.25, 0.3) is 0 Å². The smallest absolute Gasteiger partial charge is 0.0902 e. The molecule has 0 saturated heterocycles. The summed E-state index contributed by atoms with van der Waals surface area (Å²) in [6.07, 6.45) is 6.75. The second-order valence-corrected chi connectivity index (χ2v) is 7.43. The molecule has 419 valence electrons. The van der Waals surface area contributed by atoms with Crippen molar-refractivity contribution in [2.75, 3.05) is 0 Å². The fourth-order valence-corrected chi connectivity index (χ4v) is 2.89. The van der Waals surface area contributed by atoms with Crippen LogP contribution in [0.25, 0.3) is 10.8 Å². The number of thiophene rings is 1. The topological polar surface area (TPSA) is 26.0 Å². The predicted octanol–water partition coefficient (Wildman–Crippen LogP) is 23.6. The van der Waals surface area contributed by atoms with Crippen LogP contribution < -0.4 is 0 Å². The first-order valence-corrected chi connectivity index (χ1v) is 21.6. The molecule has 0 atom stereocenters. The summed E-state index contributed by atoms with van der Waals surface area (Å²) in [4.78, 5) is 3.78. The van der Waals surface area contributed by atoms with E-state index in [1.54, 1.807) is 36.3 Å². The molecule has 10 heteroatoms. The van der Waals surface area contributed by atoms with Crippen LogP contribution in [0.3, 0.4) is 0 Å². The van der Waals surface area contributed by atoms with Gasteiger partial charge in [-0.15, -0.1) is 0 Å². The molecule has 0 aliphatic heterocycles. The Kier molecular flexibility index (Phi) is 520. The van der Waals surface area contributed by atoms with Gasteiger partial charge in [0.1, 0.15) is 0 Å². The van der Waals surface area contributed by atoms with Crippen LogP contribution in [0, 0.1) is 58.9 Å². The molecule has 69 heavy (non-hydrogen) atoms. The minimum atomic E-state index is 0. The third kappa shape index (κ3) is 169. The molecule has 3 aromatic carbocycles. The fraction of sp³-hybridized carbons (Fsp3) is 0.390. The van der Waals surface area contributed by atoms with Gasteiger partial charge in [0.15, 0.2) is 0 Å². The van der Waals surface area contributed by atoms with Gasteiger partial charge < -0.3 is 56.4 Å². The van der Waals surface area contributed by atoms with Crippen LogP contribution in [0.2, 0.25) is 0 Å². The van der Waals surface area contributed by atoms with E-state index in [-0.39, 0.29) is 168 Å². The molecular weight excluding hydrogens is 2150 g/mol.